The number of nitrogens with two attached hydrogens (primary N) is 1. The number of likely N-dealkylation sites (tertiary alicyclic amines) is 1. The van der Waals surface area contributed by atoms with Crippen LogP contribution in [-0.4, -0.2) is 48.9 Å². The van der Waals surface area contributed by atoms with E-state index in [-0.39, 0.29) is 17.7 Å². The molecular formula is C11H20N2O3. The maximum Gasteiger partial charge on any atom is 0.234 e. The SMILES string of the molecule is CCC(C(N)=O)N1CCC2(CC1)OCCO2. The minimum Gasteiger partial charge on any atom is -0.368 e. The van der Waals surface area contributed by atoms with Crippen molar-refractivity contribution in [3.8, 4) is 0 Å². The molecule has 92 valence electrons. The first-order chi connectivity index (χ1) is 7.67. The van der Waals surface area contributed by atoms with Crippen LogP contribution in [-0.2, 0) is 14.3 Å². The number of rotatable bonds is 3. The first kappa shape index (κ1) is 11.8. The van der Waals surface area contributed by atoms with Crippen LogP contribution in [0.2, 0.25) is 0 Å². The van der Waals surface area contributed by atoms with Crippen molar-refractivity contribution in [3.05, 3.63) is 0 Å². The highest BCUT2D eigenvalue weighted by Crippen LogP contribution is 2.32. The minimum atomic E-state index is -0.369. The van der Waals surface area contributed by atoms with Crippen molar-refractivity contribution >= 4 is 5.91 Å². The summed E-state index contributed by atoms with van der Waals surface area (Å²) in [6, 6.07) is -0.140. The molecule has 2 heterocycles. The van der Waals surface area contributed by atoms with Gasteiger partial charge in [0.2, 0.25) is 5.91 Å². The Kier molecular flexibility index (Phi) is 3.47. The smallest absolute Gasteiger partial charge is 0.234 e. The van der Waals surface area contributed by atoms with Gasteiger partial charge >= 0.3 is 0 Å². The van der Waals surface area contributed by atoms with Crippen LogP contribution in [0, 0.1) is 0 Å². The molecule has 1 atom stereocenters. The lowest BCUT2D eigenvalue weighted by Crippen LogP contribution is -2.52. The van der Waals surface area contributed by atoms with Gasteiger partial charge in [-0.2, -0.15) is 0 Å². The summed E-state index contributed by atoms with van der Waals surface area (Å²) in [5.41, 5.74) is 5.38. The molecule has 1 unspecified atom stereocenters. The lowest BCUT2D eigenvalue weighted by molar-refractivity contribution is -0.188. The fourth-order valence-electron chi connectivity index (χ4n) is 2.60. The summed E-state index contributed by atoms with van der Waals surface area (Å²) in [5, 5.41) is 0. The minimum absolute atomic E-state index is 0.140. The van der Waals surface area contributed by atoms with Crippen molar-refractivity contribution in [3.63, 3.8) is 0 Å². The number of nitrogens with zero attached hydrogens (tertiary/aromatic N) is 1. The van der Waals surface area contributed by atoms with E-state index in [1.807, 2.05) is 6.92 Å². The van der Waals surface area contributed by atoms with E-state index in [9.17, 15) is 4.79 Å². The van der Waals surface area contributed by atoms with Crippen LogP contribution in [0.1, 0.15) is 26.2 Å². The third-order valence-corrected chi connectivity index (χ3v) is 3.53. The number of carbonyl (C=O) groups excluding carboxylic acids is 1. The Balaban J connectivity index is 1.91. The molecule has 2 rings (SSSR count). The molecule has 0 aromatic heterocycles. The van der Waals surface area contributed by atoms with E-state index < -0.39 is 0 Å². The second-order valence-corrected chi connectivity index (χ2v) is 4.47. The standard InChI is InChI=1S/C11H20N2O3/c1-2-9(10(12)14)13-5-3-11(4-6-13)15-7-8-16-11/h9H,2-8H2,1H3,(H2,12,14). The fraction of sp³-hybridized carbons (Fsp3) is 0.909. The van der Waals surface area contributed by atoms with Gasteiger partial charge in [0.05, 0.1) is 19.3 Å². The second-order valence-electron chi connectivity index (χ2n) is 4.47. The Hall–Kier alpha value is -0.650. The van der Waals surface area contributed by atoms with Crippen molar-refractivity contribution in [1.82, 2.24) is 4.90 Å². The van der Waals surface area contributed by atoms with Gasteiger partial charge in [-0.1, -0.05) is 6.92 Å². The summed E-state index contributed by atoms with van der Waals surface area (Å²) in [5.74, 6) is -0.599. The molecule has 2 saturated heterocycles. The molecule has 0 radical (unpaired) electrons. The molecule has 0 aliphatic carbocycles. The van der Waals surface area contributed by atoms with Gasteiger partial charge in [0.1, 0.15) is 0 Å². The number of primary amides is 1. The Morgan fingerprint density at radius 2 is 1.94 bits per heavy atom. The van der Waals surface area contributed by atoms with Gasteiger partial charge < -0.3 is 15.2 Å². The van der Waals surface area contributed by atoms with E-state index in [0.717, 1.165) is 32.4 Å². The third-order valence-electron chi connectivity index (χ3n) is 3.53. The lowest BCUT2D eigenvalue weighted by atomic mass is 10.0. The van der Waals surface area contributed by atoms with Crippen LogP contribution in [0.25, 0.3) is 0 Å². The molecule has 1 amide bonds. The summed E-state index contributed by atoms with van der Waals surface area (Å²) in [7, 11) is 0. The predicted octanol–water partition coefficient (Wildman–Crippen LogP) is 0.0892. The highest BCUT2D eigenvalue weighted by Gasteiger charge is 2.41. The van der Waals surface area contributed by atoms with E-state index in [1.54, 1.807) is 0 Å². The lowest BCUT2D eigenvalue weighted by Gasteiger charge is -2.40. The average Bonchev–Trinajstić information content (AvgIpc) is 2.70. The second kappa shape index (κ2) is 4.69. The number of carbonyl (C=O) groups is 1. The zero-order chi connectivity index (χ0) is 11.6. The monoisotopic (exact) mass is 228 g/mol. The first-order valence-corrected chi connectivity index (χ1v) is 5.98. The van der Waals surface area contributed by atoms with Crippen LogP contribution >= 0.6 is 0 Å². The zero-order valence-corrected chi connectivity index (χ0v) is 9.78. The van der Waals surface area contributed by atoms with Gasteiger partial charge in [-0.05, 0) is 6.42 Å². The van der Waals surface area contributed by atoms with Crippen LogP contribution < -0.4 is 5.73 Å². The summed E-state index contributed by atoms with van der Waals surface area (Å²) < 4.78 is 11.3. The molecular weight excluding hydrogens is 208 g/mol. The van der Waals surface area contributed by atoms with Crippen LogP contribution in [0.4, 0.5) is 0 Å². The van der Waals surface area contributed by atoms with E-state index in [4.69, 9.17) is 15.2 Å². The number of hydrogen-bond acceptors (Lipinski definition) is 4. The van der Waals surface area contributed by atoms with Crippen molar-refractivity contribution in [2.75, 3.05) is 26.3 Å². The number of hydrogen-bond donors (Lipinski definition) is 1. The summed E-state index contributed by atoms with van der Waals surface area (Å²) in [6.07, 6.45) is 2.43. The Bertz CT molecular complexity index is 254. The highest BCUT2D eigenvalue weighted by molar-refractivity contribution is 5.79. The van der Waals surface area contributed by atoms with Crippen LogP contribution in [0.3, 0.4) is 0 Å². The summed E-state index contributed by atoms with van der Waals surface area (Å²) in [4.78, 5) is 13.4. The number of amides is 1. The molecule has 0 aromatic rings. The average molecular weight is 228 g/mol. The van der Waals surface area contributed by atoms with Crippen molar-refractivity contribution in [2.45, 2.75) is 38.0 Å². The van der Waals surface area contributed by atoms with Crippen molar-refractivity contribution in [1.29, 1.82) is 0 Å². The van der Waals surface area contributed by atoms with Gasteiger partial charge in [0, 0.05) is 25.9 Å². The van der Waals surface area contributed by atoms with Gasteiger partial charge in [-0.3, -0.25) is 9.69 Å². The number of piperidine rings is 1. The third kappa shape index (κ3) is 2.21. The van der Waals surface area contributed by atoms with Crippen molar-refractivity contribution < 1.29 is 14.3 Å². The van der Waals surface area contributed by atoms with Gasteiger partial charge in [0.25, 0.3) is 0 Å². The molecule has 0 saturated carbocycles. The van der Waals surface area contributed by atoms with E-state index in [1.165, 1.54) is 0 Å². The molecule has 2 fully saturated rings. The molecule has 5 heteroatoms. The predicted molar refractivity (Wildman–Crippen MR) is 58.7 cm³/mol. The molecule has 2 aliphatic rings. The van der Waals surface area contributed by atoms with Gasteiger partial charge in [-0.25, -0.2) is 0 Å². The van der Waals surface area contributed by atoms with Crippen LogP contribution in [0.15, 0.2) is 0 Å². The van der Waals surface area contributed by atoms with E-state index >= 15 is 0 Å². The Morgan fingerprint density at radius 3 is 2.38 bits per heavy atom. The molecule has 0 bridgehead atoms. The van der Waals surface area contributed by atoms with E-state index in [2.05, 4.69) is 4.90 Å². The van der Waals surface area contributed by atoms with Gasteiger partial charge in [-0.15, -0.1) is 0 Å². The normalized spacial score (nSPS) is 27.1. The molecule has 5 nitrogen and oxygen atoms in total. The molecule has 16 heavy (non-hydrogen) atoms. The summed E-state index contributed by atoms with van der Waals surface area (Å²) in [6.45, 7) is 5.01. The quantitative estimate of drug-likeness (QED) is 0.743. The Labute approximate surface area is 95.9 Å². The fourth-order valence-corrected chi connectivity index (χ4v) is 2.60. The number of ether oxygens (including phenoxy) is 2. The highest BCUT2D eigenvalue weighted by atomic mass is 16.7. The molecule has 2 aliphatic heterocycles. The maximum absolute atomic E-state index is 11.3. The summed E-state index contributed by atoms with van der Waals surface area (Å²) >= 11 is 0. The molecule has 1 spiro atoms. The topological polar surface area (TPSA) is 64.8 Å². The van der Waals surface area contributed by atoms with Gasteiger partial charge in [0.15, 0.2) is 5.79 Å². The first-order valence-electron chi connectivity index (χ1n) is 5.98. The largest absolute Gasteiger partial charge is 0.368 e. The molecule has 2 N–H and O–H groups in total. The molecule has 0 aromatic carbocycles. The zero-order valence-electron chi connectivity index (χ0n) is 9.78. The Morgan fingerprint density at radius 1 is 1.38 bits per heavy atom. The van der Waals surface area contributed by atoms with Crippen LogP contribution in [0.5, 0.6) is 0 Å². The van der Waals surface area contributed by atoms with E-state index in [0.29, 0.717) is 13.2 Å². The van der Waals surface area contributed by atoms with Crippen molar-refractivity contribution in [2.24, 2.45) is 5.73 Å². The maximum atomic E-state index is 11.3.